The van der Waals surface area contributed by atoms with Gasteiger partial charge in [0, 0.05) is 6.42 Å². The molecule has 4 N–H and O–H groups in total. The molecule has 1 fully saturated rings. The van der Waals surface area contributed by atoms with E-state index in [1.807, 2.05) is 24.3 Å². The molecule has 3 amide bonds. The van der Waals surface area contributed by atoms with E-state index < -0.39 is 47.8 Å². The van der Waals surface area contributed by atoms with Crippen molar-refractivity contribution in [2.45, 2.75) is 57.7 Å². The molecule has 208 valence electrons. The van der Waals surface area contributed by atoms with Gasteiger partial charge in [-0.3, -0.25) is 14.4 Å². The Labute approximate surface area is 227 Å². The molecule has 2 aromatic rings. The summed E-state index contributed by atoms with van der Waals surface area (Å²) in [5.74, 6) is -2.38. The van der Waals surface area contributed by atoms with E-state index in [4.69, 9.17) is 9.47 Å². The van der Waals surface area contributed by atoms with Gasteiger partial charge in [0.2, 0.25) is 5.91 Å². The first-order valence-electron chi connectivity index (χ1n) is 12.8. The number of ether oxygens (including phenoxy) is 2. The van der Waals surface area contributed by atoms with Crippen LogP contribution in [0, 0.1) is 5.92 Å². The average molecular weight is 538 g/mol. The van der Waals surface area contributed by atoms with Crippen LogP contribution in [0.2, 0.25) is 0 Å². The molecular weight excluding hydrogens is 502 g/mol. The lowest BCUT2D eigenvalue weighted by Gasteiger charge is -2.28. The summed E-state index contributed by atoms with van der Waals surface area (Å²) < 4.78 is 10.8. The van der Waals surface area contributed by atoms with Gasteiger partial charge in [0.1, 0.15) is 23.6 Å². The lowest BCUT2D eigenvalue weighted by molar-refractivity contribution is -0.161. The molecule has 0 unspecified atom stereocenters. The molecule has 0 aromatic heterocycles. The van der Waals surface area contributed by atoms with Crippen molar-refractivity contribution in [1.29, 1.82) is 0 Å². The van der Waals surface area contributed by atoms with Gasteiger partial charge in [-0.15, -0.1) is 0 Å². The number of phenolic OH excluding ortho intramolecular Hbond substituents is 1. The minimum atomic E-state index is -1.18. The van der Waals surface area contributed by atoms with E-state index >= 15 is 0 Å². The van der Waals surface area contributed by atoms with Gasteiger partial charge in [0.05, 0.1) is 12.8 Å². The number of rotatable bonds is 8. The van der Waals surface area contributed by atoms with Crippen molar-refractivity contribution in [2.75, 3.05) is 7.11 Å². The quantitative estimate of drug-likeness (QED) is 0.298. The highest BCUT2D eigenvalue weighted by Gasteiger charge is 2.35. The van der Waals surface area contributed by atoms with Gasteiger partial charge < -0.3 is 30.5 Å². The molecule has 0 saturated carbocycles. The molecule has 1 saturated heterocycles. The zero-order valence-corrected chi connectivity index (χ0v) is 22.4. The third-order valence-electron chi connectivity index (χ3n) is 6.37. The van der Waals surface area contributed by atoms with Crippen LogP contribution < -0.4 is 20.7 Å². The first-order chi connectivity index (χ1) is 18.6. The van der Waals surface area contributed by atoms with Gasteiger partial charge in [-0.05, 0) is 60.6 Å². The minimum Gasteiger partial charge on any atom is -0.508 e. The van der Waals surface area contributed by atoms with Crippen molar-refractivity contribution in [3.8, 4) is 11.5 Å². The van der Waals surface area contributed by atoms with E-state index in [0.29, 0.717) is 18.4 Å². The van der Waals surface area contributed by atoms with Crippen LogP contribution in [0.3, 0.4) is 0 Å². The lowest BCUT2D eigenvalue weighted by Crippen LogP contribution is -2.55. The van der Waals surface area contributed by atoms with Crippen LogP contribution in [0.15, 0.2) is 60.8 Å². The van der Waals surface area contributed by atoms with Gasteiger partial charge in [0.25, 0.3) is 11.8 Å². The van der Waals surface area contributed by atoms with Crippen molar-refractivity contribution in [3.63, 3.8) is 0 Å². The molecular formula is C29H35N3O7. The fourth-order valence-electron chi connectivity index (χ4n) is 4.12. The van der Waals surface area contributed by atoms with Crippen molar-refractivity contribution in [1.82, 2.24) is 16.0 Å². The second-order valence-corrected chi connectivity index (χ2v) is 9.77. The summed E-state index contributed by atoms with van der Waals surface area (Å²) >= 11 is 0. The Balaban J connectivity index is 1.77. The van der Waals surface area contributed by atoms with Crippen LogP contribution in [-0.4, -0.2) is 54.1 Å². The number of esters is 1. The highest BCUT2D eigenvalue weighted by Crippen LogP contribution is 2.17. The van der Waals surface area contributed by atoms with Crippen LogP contribution in [0.4, 0.5) is 0 Å². The van der Waals surface area contributed by atoms with Gasteiger partial charge in [-0.25, -0.2) is 4.79 Å². The Morgan fingerprint density at radius 3 is 2.18 bits per heavy atom. The number of aryl methyl sites for hydroxylation is 1. The molecule has 1 aliphatic heterocycles. The summed E-state index contributed by atoms with van der Waals surface area (Å²) in [5, 5.41) is 17.3. The molecule has 3 rings (SSSR count). The molecule has 0 aliphatic carbocycles. The van der Waals surface area contributed by atoms with E-state index in [-0.39, 0.29) is 24.3 Å². The summed E-state index contributed by atoms with van der Waals surface area (Å²) in [5.41, 5.74) is 1.41. The largest absolute Gasteiger partial charge is 0.508 e. The SMILES string of the molecule is C=C1NC(=O)[C@H](CCCc2ccc(OC)cc2)NC(=O)[C@H](C(C)C)OC(=O)[C@H](Cc2ccc(O)cc2)NC1=O. The summed E-state index contributed by atoms with van der Waals surface area (Å²) in [4.78, 5) is 52.3. The summed E-state index contributed by atoms with van der Waals surface area (Å²) in [6.07, 6.45) is 0.334. The molecule has 10 heteroatoms. The predicted molar refractivity (Wildman–Crippen MR) is 144 cm³/mol. The van der Waals surface area contributed by atoms with Crippen molar-refractivity contribution >= 4 is 23.7 Å². The molecule has 39 heavy (non-hydrogen) atoms. The molecule has 10 nitrogen and oxygen atoms in total. The lowest BCUT2D eigenvalue weighted by atomic mass is 10.0. The van der Waals surface area contributed by atoms with Gasteiger partial charge in [-0.2, -0.15) is 0 Å². The van der Waals surface area contributed by atoms with Gasteiger partial charge in [-0.1, -0.05) is 44.7 Å². The first-order valence-corrected chi connectivity index (χ1v) is 12.8. The van der Waals surface area contributed by atoms with E-state index in [0.717, 1.165) is 11.3 Å². The fourth-order valence-corrected chi connectivity index (χ4v) is 4.12. The fraction of sp³-hybridized carbons (Fsp3) is 0.379. The zero-order valence-electron chi connectivity index (χ0n) is 22.4. The molecule has 3 atom stereocenters. The Bertz CT molecular complexity index is 1190. The van der Waals surface area contributed by atoms with Crippen molar-refractivity contribution < 1.29 is 33.8 Å². The number of nitrogens with one attached hydrogen (secondary N) is 3. The Kier molecular flexibility index (Phi) is 10.1. The monoisotopic (exact) mass is 537 g/mol. The van der Waals surface area contributed by atoms with Crippen LogP contribution in [0.5, 0.6) is 11.5 Å². The predicted octanol–water partition coefficient (Wildman–Crippen LogP) is 2.15. The molecule has 1 aliphatic rings. The minimum absolute atomic E-state index is 0.0342. The van der Waals surface area contributed by atoms with E-state index in [2.05, 4.69) is 22.5 Å². The molecule has 1 heterocycles. The molecule has 0 bridgehead atoms. The Hall–Kier alpha value is -4.34. The Morgan fingerprint density at radius 2 is 1.56 bits per heavy atom. The number of benzene rings is 2. The highest BCUT2D eigenvalue weighted by molar-refractivity contribution is 6.01. The van der Waals surface area contributed by atoms with Crippen molar-refractivity contribution in [2.24, 2.45) is 5.92 Å². The second kappa shape index (κ2) is 13.5. The number of hydrogen-bond donors (Lipinski definition) is 4. The number of carbonyl (C=O) groups is 4. The number of methoxy groups -OCH3 is 1. The van der Waals surface area contributed by atoms with Gasteiger partial charge in [0.15, 0.2) is 6.10 Å². The van der Waals surface area contributed by atoms with Crippen LogP contribution in [0.25, 0.3) is 0 Å². The maximum Gasteiger partial charge on any atom is 0.329 e. The first kappa shape index (κ1) is 29.2. The van der Waals surface area contributed by atoms with Crippen molar-refractivity contribution in [3.05, 3.63) is 71.9 Å². The number of phenols is 1. The smallest absolute Gasteiger partial charge is 0.329 e. The zero-order chi connectivity index (χ0) is 28.5. The standard InChI is InChI=1S/C29H35N3O7/c1-17(2)25-28(36)31-23(7-5-6-19-10-14-22(38-4)15-11-19)27(35)30-18(3)26(34)32-24(29(37)39-25)16-20-8-12-21(33)13-9-20/h8-15,17,23-25,33H,3,5-7,16H2,1-2,4H3,(H,30,35)(H,31,36)(H,32,34)/t23-,24-,25-/m0/s1. The number of hydrogen-bond acceptors (Lipinski definition) is 7. The molecule has 0 radical (unpaired) electrons. The van der Waals surface area contributed by atoms with E-state index in [1.165, 1.54) is 12.1 Å². The number of aromatic hydroxyl groups is 1. The number of amides is 3. The number of carbonyl (C=O) groups excluding carboxylic acids is 4. The third kappa shape index (κ3) is 8.33. The maximum atomic E-state index is 13.2. The second-order valence-electron chi connectivity index (χ2n) is 9.77. The molecule has 0 spiro atoms. The van der Waals surface area contributed by atoms with Crippen LogP contribution >= 0.6 is 0 Å². The van der Waals surface area contributed by atoms with E-state index in [1.54, 1.807) is 33.1 Å². The van der Waals surface area contributed by atoms with Crippen LogP contribution in [-0.2, 0) is 36.8 Å². The van der Waals surface area contributed by atoms with Crippen LogP contribution in [0.1, 0.15) is 37.8 Å². The average Bonchev–Trinajstić information content (AvgIpc) is 2.91. The topological polar surface area (TPSA) is 143 Å². The Morgan fingerprint density at radius 1 is 0.923 bits per heavy atom. The molecule has 2 aromatic carbocycles. The van der Waals surface area contributed by atoms with E-state index in [9.17, 15) is 24.3 Å². The summed E-state index contributed by atoms with van der Waals surface area (Å²) in [6.45, 7) is 7.08. The summed E-state index contributed by atoms with van der Waals surface area (Å²) in [6, 6.07) is 11.5. The summed E-state index contributed by atoms with van der Waals surface area (Å²) in [7, 11) is 1.59. The third-order valence-corrected chi connectivity index (χ3v) is 6.37. The normalized spacial score (nSPS) is 20.7. The maximum absolute atomic E-state index is 13.2. The highest BCUT2D eigenvalue weighted by atomic mass is 16.6. The number of cyclic esters (lactones) is 1. The van der Waals surface area contributed by atoms with Gasteiger partial charge >= 0.3 is 5.97 Å².